The van der Waals surface area contributed by atoms with Crippen molar-refractivity contribution in [2.75, 3.05) is 31.7 Å². The normalized spacial score (nSPS) is 18.7. The van der Waals surface area contributed by atoms with Crippen LogP contribution in [0.4, 0.5) is 18.9 Å². The van der Waals surface area contributed by atoms with E-state index in [0.29, 0.717) is 15.0 Å². The number of alkyl halides is 3. The molecule has 2 aromatic carbocycles. The van der Waals surface area contributed by atoms with E-state index in [0.717, 1.165) is 17.9 Å². The molecular weight excluding hydrogens is 696 g/mol. The Balaban J connectivity index is 1.75. The van der Waals surface area contributed by atoms with Gasteiger partial charge in [0.25, 0.3) is 0 Å². The summed E-state index contributed by atoms with van der Waals surface area (Å²) in [6.45, 7) is 0.772. The van der Waals surface area contributed by atoms with E-state index < -0.39 is 55.4 Å². The minimum atomic E-state index is -4.37. The molecule has 41 heavy (non-hydrogen) atoms. The Bertz CT molecular complexity index is 1290. The van der Waals surface area contributed by atoms with E-state index in [-0.39, 0.29) is 39.8 Å². The maximum atomic E-state index is 13.0. The number of anilines is 1. The van der Waals surface area contributed by atoms with Crippen LogP contribution in [-0.2, 0) is 14.8 Å². The van der Waals surface area contributed by atoms with Gasteiger partial charge >= 0.3 is 254 Å². The first kappa shape index (κ1) is 33.4. The summed E-state index contributed by atoms with van der Waals surface area (Å²) in [6.07, 6.45) is -4.17. The molecule has 3 N–H and O–H groups in total. The number of carbonyl (C=O) groups excluding carboxylic acids is 1. The number of amides is 1. The van der Waals surface area contributed by atoms with Crippen LogP contribution in [0.1, 0.15) is 32.1 Å². The van der Waals surface area contributed by atoms with Crippen LogP contribution in [0.15, 0.2) is 58.3 Å². The zero-order chi connectivity index (χ0) is 30.2. The molecule has 0 aromatic heterocycles. The van der Waals surface area contributed by atoms with Crippen molar-refractivity contribution in [1.29, 1.82) is 0 Å². The molecular formula is C26H34F3IN4O5S2. The Morgan fingerprint density at radius 2 is 1.80 bits per heavy atom. The molecule has 1 atom stereocenters. The fourth-order valence-corrected chi connectivity index (χ4v) is 8.22. The summed E-state index contributed by atoms with van der Waals surface area (Å²) in [4.78, 5) is 27.1. The summed E-state index contributed by atoms with van der Waals surface area (Å²) >= 11 is -0.0602. The van der Waals surface area contributed by atoms with Gasteiger partial charge in [-0.25, -0.2) is 0 Å². The number of halogens is 4. The number of nitrogens with one attached hydrogen (secondary N) is 2. The molecule has 2 aromatic rings. The third kappa shape index (κ3) is 10.6. The van der Waals surface area contributed by atoms with Crippen molar-refractivity contribution >= 4 is 33.4 Å². The number of benzene rings is 2. The molecule has 3 rings (SSSR count). The van der Waals surface area contributed by atoms with Crippen LogP contribution < -0.4 is 31.5 Å². The average Bonchev–Trinajstić information content (AvgIpc) is 2.90. The van der Waals surface area contributed by atoms with Crippen molar-refractivity contribution in [2.24, 2.45) is 11.8 Å². The molecule has 0 saturated heterocycles. The van der Waals surface area contributed by atoms with Gasteiger partial charge in [0.1, 0.15) is 0 Å². The second-order valence-electron chi connectivity index (χ2n) is 10.1. The Kier molecular flexibility index (Phi) is 12.1. The zero-order valence-electron chi connectivity index (χ0n) is 22.6. The van der Waals surface area contributed by atoms with Gasteiger partial charge in [-0.1, -0.05) is 0 Å². The Hall–Kier alpha value is -2.11. The number of carbonyl (C=O) groups is 1. The Morgan fingerprint density at radius 1 is 1.15 bits per heavy atom. The van der Waals surface area contributed by atoms with Gasteiger partial charge < -0.3 is 0 Å². The molecule has 1 amide bonds. The zero-order valence-corrected chi connectivity index (χ0v) is 26.4. The molecule has 228 valence electrons. The van der Waals surface area contributed by atoms with Gasteiger partial charge in [-0.05, 0) is 0 Å². The van der Waals surface area contributed by atoms with Crippen molar-refractivity contribution in [3.05, 3.63) is 57.0 Å². The van der Waals surface area contributed by atoms with E-state index in [1.165, 1.54) is 18.2 Å². The molecule has 15 heteroatoms. The van der Waals surface area contributed by atoms with E-state index in [2.05, 4.69) is 5.32 Å². The molecule has 1 aliphatic carbocycles. The van der Waals surface area contributed by atoms with Gasteiger partial charge in [0, 0.05) is 0 Å². The van der Waals surface area contributed by atoms with Gasteiger partial charge in [-0.2, -0.15) is 0 Å². The predicted molar refractivity (Wildman–Crippen MR) is 145 cm³/mol. The maximum absolute atomic E-state index is 13.0. The van der Waals surface area contributed by atoms with Gasteiger partial charge in [0.05, 0.1) is 0 Å². The van der Waals surface area contributed by atoms with Crippen molar-refractivity contribution in [1.82, 2.24) is 9.62 Å². The van der Waals surface area contributed by atoms with Crippen LogP contribution in [0.2, 0.25) is 0 Å². The van der Waals surface area contributed by atoms with Gasteiger partial charge in [-0.15, -0.1) is 0 Å². The predicted octanol–water partition coefficient (Wildman–Crippen LogP) is 1.73. The number of hydrogen-bond donors (Lipinski definition) is 3. The number of thioether (sulfide) groups is 1. The van der Waals surface area contributed by atoms with E-state index >= 15 is 0 Å². The number of hydrogen-bond acceptors (Lipinski definition) is 7. The van der Waals surface area contributed by atoms with E-state index in [1.54, 1.807) is 11.8 Å². The van der Waals surface area contributed by atoms with Crippen LogP contribution in [0.25, 0.3) is 0 Å². The second-order valence-corrected chi connectivity index (χ2v) is 15.3. The van der Waals surface area contributed by atoms with Crippen LogP contribution in [0.3, 0.4) is 0 Å². The molecule has 0 aliphatic heterocycles. The Labute approximate surface area is 252 Å². The number of rotatable bonds is 13. The first-order valence-electron chi connectivity index (χ1n) is 12.9. The summed E-state index contributed by atoms with van der Waals surface area (Å²) in [5.41, 5.74) is 0.501. The molecule has 0 unspecified atom stereocenters. The number of nitrogens with zero attached hydrogens (tertiary/aromatic N) is 2. The summed E-state index contributed by atoms with van der Waals surface area (Å²) in [6, 6.07) is 13.8. The van der Waals surface area contributed by atoms with Crippen molar-refractivity contribution in [2.45, 2.75) is 54.1 Å². The molecule has 1 saturated carbocycles. The number of sulfonamides is 1. The Morgan fingerprint density at radius 3 is 2.39 bits per heavy atom. The standard InChI is InChI=1S/C26H34F3IN4O5S2/c1-33(2)15-14-20(17-40-21-6-4-3-5-7-21)31-24-13-12-22(16-23(24)30-34(36)37)41(38,39)32-25(35)18-8-10-19(11-9-18)26(27,28)29/h3-7,12-13,16,18-20,31H,8-11,14-15,17H2,1-2H3,(H,32,35)(H,36,37)/t18?,19?,20-/m1/s1. The third-order valence-corrected chi connectivity index (χ3v) is 11.0. The molecule has 1 fully saturated rings. The van der Waals surface area contributed by atoms with Crippen LogP contribution in [-0.4, -0.2) is 66.2 Å². The van der Waals surface area contributed by atoms with Crippen molar-refractivity contribution < 1.29 is 56.2 Å². The molecule has 0 spiro atoms. The SMILES string of the molecule is CN(C)CC[C@H](CSc1ccccc1)Nc1ccc(S(=O)(=O)NC(=O)C2CCC(C(F)(F)F)CC2)cc1[I-][N+](=O)O. The van der Waals surface area contributed by atoms with Crippen LogP contribution in [0.5, 0.6) is 0 Å². The van der Waals surface area contributed by atoms with Crippen molar-refractivity contribution in [3.8, 4) is 0 Å². The van der Waals surface area contributed by atoms with E-state index in [1.807, 2.05) is 54.0 Å². The second kappa shape index (κ2) is 14.9. The van der Waals surface area contributed by atoms with Crippen LogP contribution >= 0.6 is 11.8 Å². The van der Waals surface area contributed by atoms with Gasteiger partial charge in [0.2, 0.25) is 0 Å². The molecule has 0 heterocycles. The quantitative estimate of drug-likeness (QED) is 0.124. The first-order chi connectivity index (χ1) is 19.2. The van der Waals surface area contributed by atoms with E-state index in [4.69, 9.17) is 0 Å². The molecule has 9 nitrogen and oxygen atoms in total. The van der Waals surface area contributed by atoms with Crippen LogP contribution in [0, 0.1) is 20.3 Å². The third-order valence-electron chi connectivity index (χ3n) is 6.69. The molecule has 0 radical (unpaired) electrons. The summed E-state index contributed by atoms with van der Waals surface area (Å²) < 4.78 is 67.0. The minimum absolute atomic E-state index is 0.0573. The monoisotopic (exact) mass is 730 g/mol. The molecule has 1 aliphatic rings. The van der Waals surface area contributed by atoms with Gasteiger partial charge in [0.15, 0.2) is 0 Å². The summed E-state index contributed by atoms with van der Waals surface area (Å²) in [5.74, 6) is -2.50. The first-order valence-corrected chi connectivity index (χ1v) is 17.4. The average molecular weight is 731 g/mol. The van der Waals surface area contributed by atoms with Gasteiger partial charge in [-0.3, -0.25) is 0 Å². The van der Waals surface area contributed by atoms with Crippen molar-refractivity contribution in [3.63, 3.8) is 0 Å². The molecule has 0 bridgehead atoms. The summed E-state index contributed by atoms with van der Waals surface area (Å²) in [7, 11) is -0.460. The van der Waals surface area contributed by atoms with E-state index in [9.17, 15) is 36.5 Å². The fraction of sp³-hybridized carbons (Fsp3) is 0.500. The topological polar surface area (TPSA) is 119 Å². The summed E-state index contributed by atoms with van der Waals surface area (Å²) in [5, 5.41) is 12.9. The fourth-order valence-electron chi connectivity index (χ4n) is 4.43.